The summed E-state index contributed by atoms with van der Waals surface area (Å²) in [5, 5.41) is 10.6. The van der Waals surface area contributed by atoms with E-state index < -0.39 is 10.7 Å². The van der Waals surface area contributed by atoms with Crippen LogP contribution in [0.15, 0.2) is 30.3 Å². The van der Waals surface area contributed by atoms with Gasteiger partial charge in [0.1, 0.15) is 0 Å². The van der Waals surface area contributed by atoms with Crippen LogP contribution in [0.5, 0.6) is 0 Å². The van der Waals surface area contributed by atoms with Crippen molar-refractivity contribution < 1.29 is 19.2 Å². The first-order valence-corrected chi connectivity index (χ1v) is 7.78. The zero-order valence-electron chi connectivity index (χ0n) is 13.7. The van der Waals surface area contributed by atoms with Crippen LogP contribution in [0, 0.1) is 15.5 Å². The quantitative estimate of drug-likeness (QED) is 0.481. The molecule has 24 heavy (non-hydrogen) atoms. The fraction of sp³-hybridized carbons (Fsp3) is 0.471. The van der Waals surface area contributed by atoms with E-state index in [0.717, 1.165) is 5.56 Å². The number of hydrogen-bond donors (Lipinski definition) is 0. The Morgan fingerprint density at radius 1 is 1.21 bits per heavy atom. The Hall–Kier alpha value is -2.25. The fourth-order valence-electron chi connectivity index (χ4n) is 2.82. The number of carbonyl (C=O) groups is 1. The van der Waals surface area contributed by atoms with Crippen molar-refractivity contribution in [3.63, 3.8) is 0 Å². The second-order valence-corrected chi connectivity index (χ2v) is 6.85. The van der Waals surface area contributed by atoms with Crippen LogP contribution in [-0.4, -0.2) is 47.8 Å². The molecule has 2 saturated heterocycles. The molecule has 0 aromatic heterocycles. The van der Waals surface area contributed by atoms with E-state index in [9.17, 15) is 14.9 Å². The molecule has 0 bridgehead atoms. The summed E-state index contributed by atoms with van der Waals surface area (Å²) >= 11 is 0. The molecule has 7 heteroatoms. The molecule has 3 rings (SSSR count). The Balaban J connectivity index is 1.52. The van der Waals surface area contributed by atoms with Crippen molar-refractivity contribution in [2.75, 3.05) is 26.3 Å². The van der Waals surface area contributed by atoms with E-state index in [-0.39, 0.29) is 17.0 Å². The van der Waals surface area contributed by atoms with Gasteiger partial charge in [-0.15, -0.1) is 0 Å². The topological polar surface area (TPSA) is 81.9 Å². The normalized spacial score (nSPS) is 21.7. The molecule has 1 amide bonds. The number of non-ortho nitro benzene ring substituents is 1. The number of hydrogen-bond acceptors (Lipinski definition) is 5. The third kappa shape index (κ3) is 3.47. The minimum atomic E-state index is -0.550. The third-order valence-electron chi connectivity index (χ3n) is 4.34. The Morgan fingerprint density at radius 3 is 2.33 bits per heavy atom. The number of amides is 1. The van der Waals surface area contributed by atoms with Crippen LogP contribution in [0.25, 0.3) is 6.08 Å². The Kier molecular flexibility index (Phi) is 4.15. The number of benzene rings is 1. The smallest absolute Gasteiger partial charge is 0.269 e. The predicted molar refractivity (Wildman–Crippen MR) is 87.1 cm³/mol. The minimum Gasteiger partial charge on any atom is -0.350 e. The summed E-state index contributed by atoms with van der Waals surface area (Å²) in [6.07, 6.45) is 3.15. The van der Waals surface area contributed by atoms with Crippen molar-refractivity contribution in [3.05, 3.63) is 46.0 Å². The molecule has 1 aromatic carbocycles. The average molecular weight is 332 g/mol. The number of nitro groups is 1. The monoisotopic (exact) mass is 332 g/mol. The van der Waals surface area contributed by atoms with Gasteiger partial charge in [-0.25, -0.2) is 0 Å². The number of ether oxygens (including phenoxy) is 2. The summed E-state index contributed by atoms with van der Waals surface area (Å²) in [7, 11) is 0. The molecular formula is C17H20N2O5. The summed E-state index contributed by atoms with van der Waals surface area (Å²) in [5.41, 5.74) is 0.686. The number of carbonyl (C=O) groups excluding carboxylic acids is 1. The predicted octanol–water partition coefficient (Wildman–Crippen LogP) is 2.22. The van der Waals surface area contributed by atoms with Crippen molar-refractivity contribution in [1.29, 1.82) is 0 Å². The molecule has 2 fully saturated rings. The summed E-state index contributed by atoms with van der Waals surface area (Å²) in [5.74, 6) is -0.630. The molecule has 2 heterocycles. The summed E-state index contributed by atoms with van der Waals surface area (Å²) in [6, 6.07) is 6.07. The van der Waals surface area contributed by atoms with Gasteiger partial charge in [-0.2, -0.15) is 0 Å². The first kappa shape index (κ1) is 16.6. The number of likely N-dealkylation sites (tertiary alicyclic amines) is 1. The maximum absolute atomic E-state index is 12.2. The molecule has 1 spiro atoms. The summed E-state index contributed by atoms with van der Waals surface area (Å²) in [6.45, 7) is 6.19. The van der Waals surface area contributed by atoms with Crippen molar-refractivity contribution in [2.24, 2.45) is 5.41 Å². The van der Waals surface area contributed by atoms with E-state index in [1.807, 2.05) is 13.8 Å². The van der Waals surface area contributed by atoms with Gasteiger partial charge in [0.15, 0.2) is 5.79 Å². The molecule has 2 aliphatic rings. The average Bonchev–Trinajstić information content (AvgIpc) is 2.51. The van der Waals surface area contributed by atoms with E-state index in [1.54, 1.807) is 23.1 Å². The molecule has 0 radical (unpaired) electrons. The van der Waals surface area contributed by atoms with Crippen LogP contribution in [0.4, 0.5) is 5.69 Å². The highest BCUT2D eigenvalue weighted by atomic mass is 16.7. The van der Waals surface area contributed by atoms with Gasteiger partial charge < -0.3 is 14.4 Å². The molecular weight excluding hydrogens is 312 g/mol. The van der Waals surface area contributed by atoms with Crippen molar-refractivity contribution in [1.82, 2.24) is 4.90 Å². The van der Waals surface area contributed by atoms with E-state index in [2.05, 4.69) is 0 Å². The first-order chi connectivity index (χ1) is 11.3. The molecule has 2 aliphatic heterocycles. The van der Waals surface area contributed by atoms with Crippen LogP contribution >= 0.6 is 0 Å². The van der Waals surface area contributed by atoms with Crippen LogP contribution < -0.4 is 0 Å². The van der Waals surface area contributed by atoms with Crippen molar-refractivity contribution >= 4 is 17.7 Å². The van der Waals surface area contributed by atoms with Gasteiger partial charge in [0.2, 0.25) is 5.91 Å². The van der Waals surface area contributed by atoms with Gasteiger partial charge in [-0.1, -0.05) is 0 Å². The van der Waals surface area contributed by atoms with Crippen LogP contribution in [0.3, 0.4) is 0 Å². The lowest BCUT2D eigenvalue weighted by Gasteiger charge is -2.53. The lowest BCUT2D eigenvalue weighted by atomic mass is 9.80. The molecule has 1 aromatic rings. The highest BCUT2D eigenvalue weighted by Crippen LogP contribution is 2.37. The molecule has 0 unspecified atom stereocenters. The third-order valence-corrected chi connectivity index (χ3v) is 4.34. The number of nitro benzene ring substituents is 1. The van der Waals surface area contributed by atoms with Crippen molar-refractivity contribution in [3.8, 4) is 0 Å². The maximum Gasteiger partial charge on any atom is 0.269 e. The number of nitrogens with zero attached hydrogens (tertiary/aromatic N) is 2. The molecule has 0 atom stereocenters. The van der Waals surface area contributed by atoms with Gasteiger partial charge in [-0.05, 0) is 37.6 Å². The zero-order chi connectivity index (χ0) is 17.4. The van der Waals surface area contributed by atoms with Crippen LogP contribution in [-0.2, 0) is 14.3 Å². The molecule has 128 valence electrons. The minimum absolute atomic E-state index is 0.0309. The summed E-state index contributed by atoms with van der Waals surface area (Å²) < 4.78 is 11.4. The standard InChI is InChI=1S/C17H20N2O5/c1-16(2)23-11-17(12-24-16)9-18(10-17)15(20)8-5-13-3-6-14(7-4-13)19(21)22/h3-8H,9-12H2,1-2H3/b8-5+. The van der Waals surface area contributed by atoms with Crippen LogP contribution in [0.2, 0.25) is 0 Å². The van der Waals surface area contributed by atoms with E-state index in [0.29, 0.717) is 26.3 Å². The van der Waals surface area contributed by atoms with Crippen LogP contribution in [0.1, 0.15) is 19.4 Å². The summed E-state index contributed by atoms with van der Waals surface area (Å²) in [4.78, 5) is 24.1. The largest absolute Gasteiger partial charge is 0.350 e. The lowest BCUT2D eigenvalue weighted by molar-refractivity contribution is -0.384. The van der Waals surface area contributed by atoms with Gasteiger partial charge in [-0.3, -0.25) is 14.9 Å². The Labute approximate surface area is 140 Å². The van der Waals surface area contributed by atoms with Crippen molar-refractivity contribution in [2.45, 2.75) is 19.6 Å². The second kappa shape index (κ2) is 5.99. The SMILES string of the molecule is CC1(C)OCC2(CO1)CN(C(=O)/C=C/c1ccc([N+](=O)[O-])cc1)C2. The van der Waals surface area contributed by atoms with Gasteiger partial charge in [0, 0.05) is 31.3 Å². The maximum atomic E-state index is 12.2. The van der Waals surface area contributed by atoms with E-state index >= 15 is 0 Å². The zero-order valence-corrected chi connectivity index (χ0v) is 13.7. The number of rotatable bonds is 3. The molecule has 0 aliphatic carbocycles. The molecule has 0 saturated carbocycles. The Morgan fingerprint density at radius 2 is 1.79 bits per heavy atom. The fourth-order valence-corrected chi connectivity index (χ4v) is 2.82. The highest BCUT2D eigenvalue weighted by Gasteiger charge is 2.49. The van der Waals surface area contributed by atoms with E-state index in [4.69, 9.17) is 9.47 Å². The molecule has 7 nitrogen and oxygen atoms in total. The first-order valence-electron chi connectivity index (χ1n) is 7.78. The van der Waals surface area contributed by atoms with Gasteiger partial charge in [0.25, 0.3) is 5.69 Å². The second-order valence-electron chi connectivity index (χ2n) is 6.85. The van der Waals surface area contributed by atoms with Gasteiger partial charge >= 0.3 is 0 Å². The molecule has 0 N–H and O–H groups in total. The Bertz CT molecular complexity index is 663. The highest BCUT2D eigenvalue weighted by molar-refractivity contribution is 5.92. The van der Waals surface area contributed by atoms with E-state index in [1.165, 1.54) is 18.2 Å². The lowest BCUT2D eigenvalue weighted by Crippen LogP contribution is -2.65. The van der Waals surface area contributed by atoms with Gasteiger partial charge in [0.05, 0.1) is 23.6 Å².